The molecule has 0 radical (unpaired) electrons. The van der Waals surface area contributed by atoms with Gasteiger partial charge in [0.2, 0.25) is 0 Å². The predicted molar refractivity (Wildman–Crippen MR) is 68.9 cm³/mol. The fourth-order valence-corrected chi connectivity index (χ4v) is 2.27. The molecule has 2 aromatic rings. The molecule has 1 amide bonds. The number of hydrogen-bond acceptors (Lipinski definition) is 4. The highest BCUT2D eigenvalue weighted by Crippen LogP contribution is 2.22. The smallest absolute Gasteiger partial charge is 0.274 e. The summed E-state index contributed by atoms with van der Waals surface area (Å²) in [5.41, 5.74) is 0.759. The molecule has 0 atom stereocenters. The fourth-order valence-electron chi connectivity index (χ4n) is 1.20. The average Bonchev–Trinajstić information content (AvgIpc) is 2.76. The van der Waals surface area contributed by atoms with E-state index in [4.69, 9.17) is 5.26 Å². The Morgan fingerprint density at radius 2 is 2.29 bits per heavy atom. The lowest BCUT2D eigenvalue weighted by molar-refractivity contribution is 0.102. The van der Waals surface area contributed by atoms with Crippen LogP contribution in [0.5, 0.6) is 0 Å². The first-order valence-electron chi connectivity index (χ1n) is 4.62. The SMILES string of the molecule is N#Cc1ccsc1NC(=O)c1cccc(Br)n1. The van der Waals surface area contributed by atoms with Gasteiger partial charge < -0.3 is 5.32 Å². The number of nitrogens with one attached hydrogen (secondary N) is 1. The van der Waals surface area contributed by atoms with E-state index >= 15 is 0 Å². The molecular weight excluding hydrogens is 302 g/mol. The Morgan fingerprint density at radius 1 is 1.47 bits per heavy atom. The van der Waals surface area contributed by atoms with Crippen LogP contribution in [0.3, 0.4) is 0 Å². The van der Waals surface area contributed by atoms with Gasteiger partial charge in [-0.05, 0) is 39.5 Å². The number of anilines is 1. The van der Waals surface area contributed by atoms with Gasteiger partial charge in [-0.25, -0.2) is 4.98 Å². The fraction of sp³-hybridized carbons (Fsp3) is 0. The zero-order valence-electron chi connectivity index (χ0n) is 8.48. The van der Waals surface area contributed by atoms with Crippen LogP contribution in [0.2, 0.25) is 0 Å². The number of nitrogens with zero attached hydrogens (tertiary/aromatic N) is 2. The lowest BCUT2D eigenvalue weighted by atomic mass is 10.3. The van der Waals surface area contributed by atoms with E-state index in [1.165, 1.54) is 11.3 Å². The lowest BCUT2D eigenvalue weighted by Crippen LogP contribution is -2.13. The molecule has 0 aliphatic heterocycles. The monoisotopic (exact) mass is 307 g/mol. The second-order valence-corrected chi connectivity index (χ2v) is 4.80. The second kappa shape index (κ2) is 5.08. The maximum atomic E-state index is 11.8. The van der Waals surface area contributed by atoms with Crippen LogP contribution in [0.1, 0.15) is 16.1 Å². The van der Waals surface area contributed by atoms with Crippen molar-refractivity contribution in [2.75, 3.05) is 5.32 Å². The first kappa shape index (κ1) is 11.8. The largest absolute Gasteiger partial charge is 0.311 e. The van der Waals surface area contributed by atoms with E-state index in [0.717, 1.165) is 0 Å². The molecule has 17 heavy (non-hydrogen) atoms. The summed E-state index contributed by atoms with van der Waals surface area (Å²) in [5.74, 6) is -0.328. The third-order valence-electron chi connectivity index (χ3n) is 1.96. The van der Waals surface area contributed by atoms with E-state index in [1.54, 1.807) is 29.6 Å². The van der Waals surface area contributed by atoms with Crippen LogP contribution in [-0.4, -0.2) is 10.9 Å². The third-order valence-corrected chi connectivity index (χ3v) is 3.23. The van der Waals surface area contributed by atoms with Crippen LogP contribution in [-0.2, 0) is 0 Å². The summed E-state index contributed by atoms with van der Waals surface area (Å²) < 4.78 is 0.594. The summed E-state index contributed by atoms with van der Waals surface area (Å²) in [5, 5.41) is 13.8. The van der Waals surface area contributed by atoms with Crippen LogP contribution in [0.25, 0.3) is 0 Å². The number of halogens is 1. The van der Waals surface area contributed by atoms with Crippen LogP contribution < -0.4 is 5.32 Å². The summed E-state index contributed by atoms with van der Waals surface area (Å²) in [7, 11) is 0. The summed E-state index contributed by atoms with van der Waals surface area (Å²) in [4.78, 5) is 15.9. The summed E-state index contributed by atoms with van der Waals surface area (Å²) in [6, 6.07) is 8.75. The van der Waals surface area contributed by atoms with Gasteiger partial charge in [-0.2, -0.15) is 5.26 Å². The van der Waals surface area contributed by atoms with E-state index in [2.05, 4.69) is 26.2 Å². The summed E-state index contributed by atoms with van der Waals surface area (Å²) >= 11 is 4.50. The van der Waals surface area contributed by atoms with Crippen molar-refractivity contribution in [2.45, 2.75) is 0 Å². The zero-order chi connectivity index (χ0) is 12.3. The highest BCUT2D eigenvalue weighted by atomic mass is 79.9. The van der Waals surface area contributed by atoms with E-state index in [-0.39, 0.29) is 5.91 Å². The molecule has 4 nitrogen and oxygen atoms in total. The van der Waals surface area contributed by atoms with Gasteiger partial charge in [-0.15, -0.1) is 11.3 Å². The van der Waals surface area contributed by atoms with Gasteiger partial charge in [0.25, 0.3) is 5.91 Å². The molecule has 0 aliphatic carbocycles. The number of carbonyl (C=O) groups excluding carboxylic acids is 1. The molecule has 0 unspecified atom stereocenters. The molecule has 84 valence electrons. The highest BCUT2D eigenvalue weighted by Gasteiger charge is 2.11. The Hall–Kier alpha value is -1.71. The van der Waals surface area contributed by atoms with E-state index in [1.807, 2.05) is 6.07 Å². The van der Waals surface area contributed by atoms with Gasteiger partial charge in [-0.3, -0.25) is 4.79 Å². The average molecular weight is 308 g/mol. The first-order chi connectivity index (χ1) is 8.20. The number of amides is 1. The molecule has 2 aromatic heterocycles. The van der Waals surface area contributed by atoms with E-state index in [9.17, 15) is 4.79 Å². The molecular formula is C11H6BrN3OS. The van der Waals surface area contributed by atoms with Crippen molar-refractivity contribution >= 4 is 38.2 Å². The minimum absolute atomic E-state index is 0.302. The molecule has 0 bridgehead atoms. The minimum atomic E-state index is -0.328. The lowest BCUT2D eigenvalue weighted by Gasteiger charge is -2.02. The van der Waals surface area contributed by atoms with Crippen molar-refractivity contribution in [3.8, 4) is 6.07 Å². The molecule has 6 heteroatoms. The molecule has 0 fully saturated rings. The maximum absolute atomic E-state index is 11.8. The van der Waals surface area contributed by atoms with Crippen molar-refractivity contribution in [1.82, 2.24) is 4.98 Å². The number of pyridine rings is 1. The Morgan fingerprint density at radius 3 is 3.00 bits per heavy atom. The Bertz CT molecular complexity index is 603. The van der Waals surface area contributed by atoms with Crippen molar-refractivity contribution in [1.29, 1.82) is 5.26 Å². The van der Waals surface area contributed by atoms with Crippen molar-refractivity contribution in [2.24, 2.45) is 0 Å². The predicted octanol–water partition coefficient (Wildman–Crippen LogP) is 3.03. The van der Waals surface area contributed by atoms with Crippen molar-refractivity contribution in [3.63, 3.8) is 0 Å². The minimum Gasteiger partial charge on any atom is -0.311 e. The number of rotatable bonds is 2. The Labute approximate surface area is 110 Å². The van der Waals surface area contributed by atoms with Crippen LogP contribution in [0.4, 0.5) is 5.00 Å². The molecule has 0 aliphatic rings. The molecule has 2 heterocycles. The van der Waals surface area contributed by atoms with E-state index in [0.29, 0.717) is 20.9 Å². The molecule has 0 aromatic carbocycles. The van der Waals surface area contributed by atoms with Gasteiger partial charge in [-0.1, -0.05) is 6.07 Å². The molecule has 1 N–H and O–H groups in total. The van der Waals surface area contributed by atoms with E-state index < -0.39 is 0 Å². The Balaban J connectivity index is 2.21. The van der Waals surface area contributed by atoms with Crippen LogP contribution in [0, 0.1) is 11.3 Å². The molecule has 2 rings (SSSR count). The molecule has 0 saturated carbocycles. The van der Waals surface area contributed by atoms with Gasteiger partial charge in [0.1, 0.15) is 21.4 Å². The standard InChI is InChI=1S/C11H6BrN3OS/c12-9-3-1-2-8(14-9)10(16)15-11-7(6-13)4-5-17-11/h1-5H,(H,15,16). The summed E-state index contributed by atoms with van der Waals surface area (Å²) in [6.45, 7) is 0. The number of nitriles is 1. The molecule has 0 spiro atoms. The number of aromatic nitrogens is 1. The molecule has 0 saturated heterocycles. The highest BCUT2D eigenvalue weighted by molar-refractivity contribution is 9.10. The quantitative estimate of drug-likeness (QED) is 0.867. The first-order valence-corrected chi connectivity index (χ1v) is 6.29. The normalized spacial score (nSPS) is 9.65. The zero-order valence-corrected chi connectivity index (χ0v) is 10.9. The van der Waals surface area contributed by atoms with Crippen LogP contribution >= 0.6 is 27.3 Å². The number of carbonyl (C=O) groups is 1. The van der Waals surface area contributed by atoms with Crippen molar-refractivity contribution in [3.05, 3.63) is 45.5 Å². The third kappa shape index (κ3) is 2.70. The number of thiophene rings is 1. The van der Waals surface area contributed by atoms with Crippen LogP contribution in [0.15, 0.2) is 34.2 Å². The van der Waals surface area contributed by atoms with Gasteiger partial charge in [0.05, 0.1) is 5.56 Å². The maximum Gasteiger partial charge on any atom is 0.274 e. The van der Waals surface area contributed by atoms with Gasteiger partial charge >= 0.3 is 0 Å². The summed E-state index contributed by atoms with van der Waals surface area (Å²) in [6.07, 6.45) is 0. The number of hydrogen-bond donors (Lipinski definition) is 1. The Kier molecular flexibility index (Phi) is 3.52. The van der Waals surface area contributed by atoms with Gasteiger partial charge in [0, 0.05) is 0 Å². The van der Waals surface area contributed by atoms with Crippen molar-refractivity contribution < 1.29 is 4.79 Å². The second-order valence-electron chi connectivity index (χ2n) is 3.07. The van der Waals surface area contributed by atoms with Gasteiger partial charge in [0.15, 0.2) is 0 Å². The topological polar surface area (TPSA) is 65.8 Å².